The molecule has 6 atom stereocenters. The average molecular weight is 413 g/mol. The molecule has 0 aliphatic heterocycles. The van der Waals surface area contributed by atoms with Crippen LogP contribution in [0.2, 0.25) is 0 Å². The van der Waals surface area contributed by atoms with Gasteiger partial charge in [-0.2, -0.15) is 0 Å². The van der Waals surface area contributed by atoms with Crippen molar-refractivity contribution in [3.8, 4) is 0 Å². The van der Waals surface area contributed by atoms with E-state index in [4.69, 9.17) is 9.25 Å². The second-order valence-corrected chi connectivity index (χ2v) is 10.7. The average Bonchev–Trinajstić information content (AvgIpc) is 3.28. The van der Waals surface area contributed by atoms with Gasteiger partial charge in [0, 0.05) is 0 Å². The number of aromatic nitrogens is 1. The van der Waals surface area contributed by atoms with Crippen LogP contribution in [0.4, 0.5) is 0 Å². The zero-order valence-corrected chi connectivity index (χ0v) is 18.7. The molecule has 0 amide bonds. The number of oxazole rings is 1. The molecule has 164 valence electrons. The molecule has 0 radical (unpaired) electrons. The fourth-order valence-corrected chi connectivity index (χ4v) is 7.39. The molecule has 1 heterocycles. The zero-order chi connectivity index (χ0) is 20.9. The van der Waals surface area contributed by atoms with Crippen LogP contribution in [0.5, 0.6) is 0 Å². The van der Waals surface area contributed by atoms with Gasteiger partial charge in [0.2, 0.25) is 0 Å². The monoisotopic (exact) mass is 412 g/mol. The van der Waals surface area contributed by atoms with E-state index >= 15 is 0 Å². The SMILES string of the molecule is Cc1cnc(CCON=C2C=C3CCC4C5CCC(O)C5(C)CC[C@H]4C3(C)CC2)o1. The van der Waals surface area contributed by atoms with Gasteiger partial charge < -0.3 is 14.4 Å². The lowest BCUT2D eigenvalue weighted by Crippen LogP contribution is -2.51. The van der Waals surface area contributed by atoms with E-state index in [-0.39, 0.29) is 11.5 Å². The van der Waals surface area contributed by atoms with Crippen molar-refractivity contribution in [3.63, 3.8) is 0 Å². The first-order valence-electron chi connectivity index (χ1n) is 11.9. The van der Waals surface area contributed by atoms with Crippen molar-refractivity contribution >= 4 is 5.71 Å². The van der Waals surface area contributed by atoms with Crippen LogP contribution in [-0.2, 0) is 11.3 Å². The van der Waals surface area contributed by atoms with Crippen LogP contribution < -0.4 is 0 Å². The summed E-state index contributed by atoms with van der Waals surface area (Å²) in [6.45, 7) is 7.27. The number of oxime groups is 1. The van der Waals surface area contributed by atoms with Gasteiger partial charge >= 0.3 is 0 Å². The van der Waals surface area contributed by atoms with E-state index in [1.807, 2.05) is 6.92 Å². The molecule has 5 rings (SSSR count). The maximum Gasteiger partial charge on any atom is 0.197 e. The maximum atomic E-state index is 10.6. The Morgan fingerprint density at radius 3 is 2.83 bits per heavy atom. The molecule has 1 aromatic rings. The largest absolute Gasteiger partial charge is 0.446 e. The summed E-state index contributed by atoms with van der Waals surface area (Å²) in [4.78, 5) is 9.81. The van der Waals surface area contributed by atoms with Gasteiger partial charge in [-0.3, -0.25) is 0 Å². The van der Waals surface area contributed by atoms with Crippen molar-refractivity contribution in [1.29, 1.82) is 0 Å². The minimum atomic E-state index is -0.0873. The smallest absolute Gasteiger partial charge is 0.197 e. The van der Waals surface area contributed by atoms with E-state index in [0.717, 1.165) is 36.1 Å². The Morgan fingerprint density at radius 1 is 1.17 bits per heavy atom. The number of aryl methyl sites for hydroxylation is 1. The van der Waals surface area contributed by atoms with Gasteiger partial charge in [0.15, 0.2) is 5.89 Å². The van der Waals surface area contributed by atoms with Crippen molar-refractivity contribution in [3.05, 3.63) is 29.5 Å². The summed E-state index contributed by atoms with van der Waals surface area (Å²) in [5.74, 6) is 3.79. The molecule has 0 saturated heterocycles. The van der Waals surface area contributed by atoms with Gasteiger partial charge in [-0.15, -0.1) is 0 Å². The minimum absolute atomic E-state index is 0.0873. The van der Waals surface area contributed by atoms with Crippen LogP contribution in [-0.4, -0.2) is 28.5 Å². The molecule has 4 aliphatic carbocycles. The summed E-state index contributed by atoms with van der Waals surface area (Å²) in [7, 11) is 0. The summed E-state index contributed by atoms with van der Waals surface area (Å²) >= 11 is 0. The highest BCUT2D eigenvalue weighted by Crippen LogP contribution is 2.65. The van der Waals surface area contributed by atoms with Gasteiger partial charge in [-0.25, -0.2) is 4.98 Å². The topological polar surface area (TPSA) is 67.9 Å². The maximum absolute atomic E-state index is 10.6. The predicted molar refractivity (Wildman–Crippen MR) is 116 cm³/mol. The second kappa shape index (κ2) is 7.51. The van der Waals surface area contributed by atoms with E-state index in [0.29, 0.717) is 30.3 Å². The third kappa shape index (κ3) is 3.24. The molecule has 1 N–H and O–H groups in total. The van der Waals surface area contributed by atoms with Crippen LogP contribution in [0, 0.1) is 35.5 Å². The van der Waals surface area contributed by atoms with E-state index in [9.17, 15) is 5.11 Å². The quantitative estimate of drug-likeness (QED) is 0.544. The highest BCUT2D eigenvalue weighted by atomic mass is 16.6. The number of hydrogen-bond donors (Lipinski definition) is 1. The fraction of sp³-hybridized carbons (Fsp3) is 0.760. The number of hydrogen-bond acceptors (Lipinski definition) is 5. The van der Waals surface area contributed by atoms with Gasteiger partial charge in [0.1, 0.15) is 12.4 Å². The molecule has 0 aromatic carbocycles. The number of allylic oxidation sites excluding steroid dienone is 2. The molecular weight excluding hydrogens is 376 g/mol. The first-order valence-corrected chi connectivity index (χ1v) is 11.9. The summed E-state index contributed by atoms with van der Waals surface area (Å²) in [6, 6.07) is 0. The van der Waals surface area contributed by atoms with Crippen molar-refractivity contribution in [2.75, 3.05) is 6.61 Å². The molecule has 0 spiro atoms. The molecule has 30 heavy (non-hydrogen) atoms. The Labute approximate surface area is 180 Å². The number of rotatable bonds is 4. The third-order valence-electron chi connectivity index (χ3n) is 9.19. The lowest BCUT2D eigenvalue weighted by molar-refractivity contribution is -0.0722. The van der Waals surface area contributed by atoms with Crippen LogP contribution in [0.3, 0.4) is 0 Å². The van der Waals surface area contributed by atoms with Crippen LogP contribution in [0.1, 0.15) is 76.9 Å². The van der Waals surface area contributed by atoms with Crippen molar-refractivity contribution in [2.45, 2.75) is 84.7 Å². The lowest BCUT2D eigenvalue weighted by Gasteiger charge is -2.57. The van der Waals surface area contributed by atoms with E-state index < -0.39 is 0 Å². The Hall–Kier alpha value is -1.62. The lowest BCUT2D eigenvalue weighted by atomic mass is 9.47. The number of aliphatic hydroxyl groups excluding tert-OH is 1. The molecule has 5 nitrogen and oxygen atoms in total. The Morgan fingerprint density at radius 2 is 2.03 bits per heavy atom. The molecule has 4 aliphatic rings. The number of nitrogens with zero attached hydrogens (tertiary/aromatic N) is 2. The fourth-order valence-electron chi connectivity index (χ4n) is 7.39. The van der Waals surface area contributed by atoms with E-state index in [1.54, 1.807) is 11.8 Å². The normalized spacial score (nSPS) is 41.7. The van der Waals surface area contributed by atoms with Crippen molar-refractivity contribution in [2.24, 2.45) is 33.7 Å². The molecule has 3 saturated carbocycles. The van der Waals surface area contributed by atoms with Crippen LogP contribution >= 0.6 is 0 Å². The van der Waals surface area contributed by atoms with Gasteiger partial charge in [-0.05, 0) is 93.0 Å². The highest BCUT2D eigenvalue weighted by molar-refractivity contribution is 5.96. The van der Waals surface area contributed by atoms with E-state index in [1.165, 1.54) is 38.5 Å². The molecule has 5 heteroatoms. The summed E-state index contributed by atoms with van der Waals surface area (Å²) in [6.07, 6.45) is 13.9. The van der Waals surface area contributed by atoms with Crippen LogP contribution in [0.15, 0.2) is 27.4 Å². The summed E-state index contributed by atoms with van der Waals surface area (Å²) < 4.78 is 5.49. The minimum Gasteiger partial charge on any atom is -0.446 e. The van der Waals surface area contributed by atoms with Crippen LogP contribution in [0.25, 0.3) is 0 Å². The van der Waals surface area contributed by atoms with Crippen molar-refractivity contribution in [1.82, 2.24) is 4.98 Å². The highest BCUT2D eigenvalue weighted by Gasteiger charge is 2.58. The third-order valence-corrected chi connectivity index (χ3v) is 9.19. The number of fused-ring (bicyclic) bond motifs is 5. The van der Waals surface area contributed by atoms with Gasteiger partial charge in [0.05, 0.1) is 24.4 Å². The van der Waals surface area contributed by atoms with E-state index in [2.05, 4.69) is 30.1 Å². The molecule has 0 bridgehead atoms. The molecule has 1 aromatic heterocycles. The molecule has 3 fully saturated rings. The summed E-state index contributed by atoms with van der Waals surface area (Å²) in [5, 5.41) is 15.1. The Bertz CT molecular complexity index is 858. The molecule has 5 unspecified atom stereocenters. The number of aliphatic hydroxyl groups is 1. The standard InChI is InChI=1S/C25H36N2O3/c1-16-15-26-23(30-16)10-13-29-27-18-8-11-24(2)17(14-18)4-5-19-20-6-7-22(28)25(20,3)12-9-21(19)24/h14-15,19-22,28H,4-13H2,1-3H3/t19?,20?,21-,22?,24?,25?/m1/s1. The second-order valence-electron chi connectivity index (χ2n) is 10.7. The first-order chi connectivity index (χ1) is 14.4. The zero-order valence-electron chi connectivity index (χ0n) is 18.7. The Kier molecular flexibility index (Phi) is 5.08. The van der Waals surface area contributed by atoms with Gasteiger partial charge in [0.25, 0.3) is 0 Å². The van der Waals surface area contributed by atoms with Gasteiger partial charge in [-0.1, -0.05) is 24.6 Å². The first kappa shape index (κ1) is 20.3. The van der Waals surface area contributed by atoms with Crippen molar-refractivity contribution < 1.29 is 14.4 Å². The Balaban J connectivity index is 1.26. The molecular formula is C25H36N2O3. The predicted octanol–water partition coefficient (Wildman–Crippen LogP) is 5.22. The summed E-state index contributed by atoms with van der Waals surface area (Å²) in [5.41, 5.74) is 3.13.